The Bertz CT molecular complexity index is 544. The Morgan fingerprint density at radius 3 is 2.65 bits per heavy atom. The van der Waals surface area contributed by atoms with Crippen LogP contribution < -0.4 is 4.72 Å². The first-order valence-electron chi connectivity index (χ1n) is 6.57. The second-order valence-corrected chi connectivity index (χ2v) is 7.37. The van der Waals surface area contributed by atoms with Crippen molar-refractivity contribution in [1.82, 2.24) is 9.62 Å². The van der Waals surface area contributed by atoms with Gasteiger partial charge in [0.15, 0.2) is 0 Å². The highest BCUT2D eigenvalue weighted by Crippen LogP contribution is 2.20. The third-order valence-electron chi connectivity index (χ3n) is 3.36. The molecule has 5 nitrogen and oxygen atoms in total. The molecular formula is C13H19BrN2O3S. The van der Waals surface area contributed by atoms with Crippen LogP contribution in [0.1, 0.15) is 6.92 Å². The summed E-state index contributed by atoms with van der Waals surface area (Å²) in [5.74, 6) is 0. The van der Waals surface area contributed by atoms with Gasteiger partial charge >= 0.3 is 0 Å². The zero-order valence-corrected chi connectivity index (χ0v) is 13.8. The van der Waals surface area contributed by atoms with E-state index in [-0.39, 0.29) is 10.9 Å². The molecule has 0 aliphatic carbocycles. The van der Waals surface area contributed by atoms with Gasteiger partial charge in [0.1, 0.15) is 0 Å². The summed E-state index contributed by atoms with van der Waals surface area (Å²) in [6.07, 6.45) is 0. The quantitative estimate of drug-likeness (QED) is 0.860. The van der Waals surface area contributed by atoms with Gasteiger partial charge in [0.05, 0.1) is 18.1 Å². The fraction of sp³-hybridized carbons (Fsp3) is 0.538. The molecule has 1 aromatic carbocycles. The number of hydrogen-bond donors (Lipinski definition) is 1. The number of halogens is 1. The molecule has 1 heterocycles. The van der Waals surface area contributed by atoms with Crippen LogP contribution in [0.15, 0.2) is 33.6 Å². The van der Waals surface area contributed by atoms with Gasteiger partial charge in [0.2, 0.25) is 10.0 Å². The van der Waals surface area contributed by atoms with Crippen LogP contribution in [0.3, 0.4) is 0 Å². The molecule has 1 atom stereocenters. The van der Waals surface area contributed by atoms with E-state index >= 15 is 0 Å². The maximum atomic E-state index is 12.3. The maximum Gasteiger partial charge on any atom is 0.241 e. The van der Waals surface area contributed by atoms with E-state index in [9.17, 15) is 8.42 Å². The Morgan fingerprint density at radius 1 is 1.35 bits per heavy atom. The van der Waals surface area contributed by atoms with E-state index < -0.39 is 10.0 Å². The average molecular weight is 363 g/mol. The van der Waals surface area contributed by atoms with E-state index in [1.807, 2.05) is 6.92 Å². The number of ether oxygens (including phenoxy) is 1. The number of benzene rings is 1. The van der Waals surface area contributed by atoms with Crippen molar-refractivity contribution in [3.63, 3.8) is 0 Å². The maximum absolute atomic E-state index is 12.3. The van der Waals surface area contributed by atoms with Crippen LogP contribution in [0.2, 0.25) is 0 Å². The molecule has 1 N–H and O–H groups in total. The largest absolute Gasteiger partial charge is 0.379 e. The van der Waals surface area contributed by atoms with Crippen LogP contribution in [0, 0.1) is 0 Å². The van der Waals surface area contributed by atoms with Gasteiger partial charge in [-0.25, -0.2) is 13.1 Å². The molecule has 1 aromatic rings. The van der Waals surface area contributed by atoms with Gasteiger partial charge in [-0.2, -0.15) is 0 Å². The third kappa shape index (κ3) is 4.02. The van der Waals surface area contributed by atoms with Gasteiger partial charge in [0, 0.05) is 30.1 Å². The first kappa shape index (κ1) is 15.9. The van der Waals surface area contributed by atoms with Gasteiger partial charge in [-0.15, -0.1) is 0 Å². The smallest absolute Gasteiger partial charge is 0.241 e. The van der Waals surface area contributed by atoms with Crippen LogP contribution in [0.5, 0.6) is 0 Å². The number of rotatable bonds is 5. The Labute approximate surface area is 128 Å². The molecular weight excluding hydrogens is 344 g/mol. The number of sulfonamides is 1. The van der Waals surface area contributed by atoms with Crippen molar-refractivity contribution in [2.75, 3.05) is 32.8 Å². The third-order valence-corrected chi connectivity index (χ3v) is 5.80. The summed E-state index contributed by atoms with van der Waals surface area (Å²) in [5.41, 5.74) is 0. The summed E-state index contributed by atoms with van der Waals surface area (Å²) in [7, 11) is -3.48. The molecule has 0 bridgehead atoms. The lowest BCUT2D eigenvalue weighted by molar-refractivity contribution is 0.0213. The van der Waals surface area contributed by atoms with Gasteiger partial charge in [-0.05, 0) is 35.0 Å². The van der Waals surface area contributed by atoms with Crippen molar-refractivity contribution in [2.45, 2.75) is 17.9 Å². The molecule has 0 spiro atoms. The van der Waals surface area contributed by atoms with Crippen molar-refractivity contribution < 1.29 is 13.2 Å². The number of hydrogen-bond acceptors (Lipinski definition) is 4. The molecule has 1 saturated heterocycles. The summed E-state index contributed by atoms with van der Waals surface area (Å²) in [6, 6.07) is 6.96. The minimum Gasteiger partial charge on any atom is -0.379 e. The highest BCUT2D eigenvalue weighted by Gasteiger charge is 2.21. The standard InChI is InChI=1S/C13H19BrN2O3S/c1-11(16-6-8-19-9-7-16)10-15-20(17,18)13-5-3-2-4-12(13)14/h2-5,11,15H,6-10H2,1H3. The average Bonchev–Trinajstić information content (AvgIpc) is 2.46. The van der Waals surface area contributed by atoms with Crippen molar-refractivity contribution >= 4 is 26.0 Å². The predicted molar refractivity (Wildman–Crippen MR) is 81.2 cm³/mol. The number of nitrogens with zero attached hydrogens (tertiary/aromatic N) is 1. The van der Waals surface area contributed by atoms with Gasteiger partial charge in [-0.1, -0.05) is 12.1 Å². The first-order valence-corrected chi connectivity index (χ1v) is 8.84. The summed E-state index contributed by atoms with van der Waals surface area (Å²) < 4.78 is 33.1. The van der Waals surface area contributed by atoms with E-state index in [0.717, 1.165) is 13.1 Å². The Kier molecular flexibility index (Phi) is 5.57. The van der Waals surface area contributed by atoms with Crippen LogP contribution >= 0.6 is 15.9 Å². The Balaban J connectivity index is 1.97. The van der Waals surface area contributed by atoms with E-state index in [4.69, 9.17) is 4.74 Å². The summed E-state index contributed by atoms with van der Waals surface area (Å²) >= 11 is 3.27. The van der Waals surface area contributed by atoms with E-state index in [2.05, 4.69) is 25.6 Å². The summed E-state index contributed by atoms with van der Waals surface area (Å²) in [5, 5.41) is 0. The molecule has 0 amide bonds. The van der Waals surface area contributed by atoms with Crippen LogP contribution in [-0.2, 0) is 14.8 Å². The molecule has 2 rings (SSSR count). The molecule has 112 valence electrons. The Hall–Kier alpha value is -0.470. The molecule has 1 fully saturated rings. The second-order valence-electron chi connectivity index (χ2n) is 4.78. The molecule has 1 unspecified atom stereocenters. The number of morpholine rings is 1. The van der Waals surface area contributed by atoms with Crippen LogP contribution in [0.4, 0.5) is 0 Å². The topological polar surface area (TPSA) is 58.6 Å². The fourth-order valence-electron chi connectivity index (χ4n) is 2.12. The van der Waals surface area contributed by atoms with Crippen molar-refractivity contribution in [3.05, 3.63) is 28.7 Å². The van der Waals surface area contributed by atoms with Gasteiger partial charge in [-0.3, -0.25) is 4.90 Å². The molecule has 0 radical (unpaired) electrons. The molecule has 1 aliphatic rings. The first-order chi connectivity index (χ1) is 9.50. The van der Waals surface area contributed by atoms with Crippen molar-refractivity contribution in [2.24, 2.45) is 0 Å². The zero-order valence-electron chi connectivity index (χ0n) is 11.4. The van der Waals surface area contributed by atoms with Gasteiger partial charge in [0.25, 0.3) is 0 Å². The lowest BCUT2D eigenvalue weighted by Gasteiger charge is -2.32. The molecule has 1 aliphatic heterocycles. The van der Waals surface area contributed by atoms with Crippen LogP contribution in [0.25, 0.3) is 0 Å². The monoisotopic (exact) mass is 362 g/mol. The second kappa shape index (κ2) is 7.00. The number of nitrogens with one attached hydrogen (secondary N) is 1. The van der Waals surface area contributed by atoms with Crippen molar-refractivity contribution in [3.8, 4) is 0 Å². The predicted octanol–water partition coefficient (Wildman–Crippen LogP) is 1.45. The normalized spacial score (nSPS) is 18.9. The Morgan fingerprint density at radius 2 is 2.00 bits per heavy atom. The molecule has 7 heteroatoms. The molecule has 20 heavy (non-hydrogen) atoms. The fourth-order valence-corrected chi connectivity index (χ4v) is 4.24. The highest BCUT2D eigenvalue weighted by atomic mass is 79.9. The molecule has 0 saturated carbocycles. The highest BCUT2D eigenvalue weighted by molar-refractivity contribution is 9.10. The van der Waals surface area contributed by atoms with E-state index in [0.29, 0.717) is 24.2 Å². The molecule has 0 aromatic heterocycles. The summed E-state index contributed by atoms with van der Waals surface area (Å²) in [4.78, 5) is 2.50. The van der Waals surface area contributed by atoms with E-state index in [1.165, 1.54) is 0 Å². The van der Waals surface area contributed by atoms with E-state index in [1.54, 1.807) is 24.3 Å². The van der Waals surface area contributed by atoms with Gasteiger partial charge < -0.3 is 4.74 Å². The van der Waals surface area contributed by atoms with Crippen LogP contribution in [-0.4, -0.2) is 52.2 Å². The van der Waals surface area contributed by atoms with Crippen molar-refractivity contribution in [1.29, 1.82) is 0 Å². The minimum atomic E-state index is -3.48. The lowest BCUT2D eigenvalue weighted by atomic mass is 10.2. The zero-order chi connectivity index (χ0) is 14.6. The summed E-state index contributed by atoms with van der Waals surface area (Å²) in [6.45, 7) is 5.52. The lowest BCUT2D eigenvalue weighted by Crippen LogP contribution is -2.47. The minimum absolute atomic E-state index is 0.149. The SMILES string of the molecule is CC(CNS(=O)(=O)c1ccccc1Br)N1CCOCC1.